The molecule has 0 aromatic heterocycles. The first-order valence-corrected chi connectivity index (χ1v) is 7.55. The fourth-order valence-corrected chi connectivity index (χ4v) is 1.71. The molecule has 0 aromatic rings. The van der Waals surface area contributed by atoms with Crippen molar-refractivity contribution in [1.29, 1.82) is 0 Å². The summed E-state index contributed by atoms with van der Waals surface area (Å²) in [6.45, 7) is -4.49. The summed E-state index contributed by atoms with van der Waals surface area (Å²) in [6.07, 6.45) is -29.4. The van der Waals surface area contributed by atoms with E-state index in [0.717, 1.165) is 0 Å². The topological polar surface area (TPSA) is 9.23 Å². The maximum atomic E-state index is 13.2. The first-order chi connectivity index (χ1) is 15.1. The third-order valence-corrected chi connectivity index (χ3v) is 3.83. The Morgan fingerprint density at radius 1 is 0.417 bits per heavy atom. The van der Waals surface area contributed by atoms with Crippen molar-refractivity contribution >= 4 is 0 Å². The lowest BCUT2D eigenvalue weighted by atomic mass is 9.98. The van der Waals surface area contributed by atoms with Crippen LogP contribution in [0.5, 0.6) is 0 Å². The van der Waals surface area contributed by atoms with Crippen molar-refractivity contribution in [2.24, 2.45) is 0 Å². The molecule has 1 nitrogen and oxygen atoms in total. The standard InChI is InChI=1S/C12H3F23O/c13-2(4(16,17)7(22,23)9(26,27)11(30,31)32)5(18,19)36-1-3(14,15)6(20,21)8(24,25)10(28,29)12(33,34)35/h2H,1H2. The normalized spacial score (nSPS) is 17.4. The fraction of sp³-hybridized carbons (Fsp3) is 1.00. The summed E-state index contributed by atoms with van der Waals surface area (Å²) in [4.78, 5) is 0. The van der Waals surface area contributed by atoms with Crippen LogP contribution in [0.1, 0.15) is 0 Å². The number of hydrogen-bond acceptors (Lipinski definition) is 1. The zero-order chi connectivity index (χ0) is 30.0. The summed E-state index contributed by atoms with van der Waals surface area (Å²) in [5.74, 6) is -56.3. The van der Waals surface area contributed by atoms with E-state index in [1.165, 1.54) is 0 Å². The van der Waals surface area contributed by atoms with Crippen LogP contribution < -0.4 is 0 Å². The van der Waals surface area contributed by atoms with Gasteiger partial charge in [0.1, 0.15) is 6.61 Å². The van der Waals surface area contributed by atoms with Crippen LogP contribution in [0.3, 0.4) is 0 Å². The number of halogens is 23. The molecule has 0 aliphatic rings. The second-order valence-corrected chi connectivity index (χ2v) is 6.41. The molecule has 1 atom stereocenters. The third-order valence-electron chi connectivity index (χ3n) is 3.83. The fourth-order valence-electron chi connectivity index (χ4n) is 1.71. The SMILES string of the molecule is FC(C(F)(F)OCC(F)(F)C(F)(F)C(F)(F)C(F)(F)C(F)(F)F)C(F)(F)C(F)(F)C(F)(F)C(F)(F)F. The molecule has 36 heavy (non-hydrogen) atoms. The Morgan fingerprint density at radius 3 is 1.03 bits per heavy atom. The Kier molecular flexibility index (Phi) is 8.30. The molecule has 0 amide bonds. The van der Waals surface area contributed by atoms with Crippen molar-refractivity contribution in [1.82, 2.24) is 0 Å². The number of hydrogen-bond donors (Lipinski definition) is 0. The van der Waals surface area contributed by atoms with Gasteiger partial charge < -0.3 is 4.74 Å². The number of alkyl halides is 23. The van der Waals surface area contributed by atoms with Gasteiger partial charge >= 0.3 is 59.9 Å². The van der Waals surface area contributed by atoms with E-state index in [1.807, 2.05) is 4.74 Å². The minimum atomic E-state index is -8.28. The summed E-state index contributed by atoms with van der Waals surface area (Å²) in [5.41, 5.74) is 0. The highest BCUT2D eigenvalue weighted by Gasteiger charge is 2.88. The maximum Gasteiger partial charge on any atom is 0.460 e. The van der Waals surface area contributed by atoms with E-state index in [9.17, 15) is 101 Å². The molecule has 0 spiro atoms. The second kappa shape index (κ2) is 8.70. The molecule has 0 radical (unpaired) electrons. The molecule has 0 rings (SSSR count). The minimum absolute atomic E-state index is 1.88. The third kappa shape index (κ3) is 4.92. The van der Waals surface area contributed by atoms with Gasteiger partial charge in [-0.05, 0) is 0 Å². The molecule has 0 saturated heterocycles. The molecule has 0 bridgehead atoms. The average Bonchev–Trinajstić information content (AvgIpc) is 2.63. The van der Waals surface area contributed by atoms with Gasteiger partial charge in [0.15, 0.2) is 0 Å². The van der Waals surface area contributed by atoms with Crippen LogP contribution in [0.4, 0.5) is 101 Å². The van der Waals surface area contributed by atoms with Gasteiger partial charge in [-0.3, -0.25) is 0 Å². The molecule has 0 aliphatic heterocycles. The van der Waals surface area contributed by atoms with E-state index in [-0.39, 0.29) is 0 Å². The largest absolute Gasteiger partial charge is 0.460 e. The summed E-state index contributed by atoms with van der Waals surface area (Å²) < 4.78 is 293. The summed E-state index contributed by atoms with van der Waals surface area (Å²) >= 11 is 0. The van der Waals surface area contributed by atoms with Crippen LogP contribution in [0, 0.1) is 0 Å². The predicted molar refractivity (Wildman–Crippen MR) is 62.5 cm³/mol. The zero-order valence-electron chi connectivity index (χ0n) is 15.4. The van der Waals surface area contributed by atoms with E-state index in [4.69, 9.17) is 0 Å². The lowest BCUT2D eigenvalue weighted by Crippen LogP contribution is -2.68. The van der Waals surface area contributed by atoms with E-state index < -0.39 is 72.7 Å². The van der Waals surface area contributed by atoms with E-state index >= 15 is 0 Å². The van der Waals surface area contributed by atoms with Crippen LogP contribution >= 0.6 is 0 Å². The molecular weight excluding hydrogens is 597 g/mol. The van der Waals surface area contributed by atoms with Gasteiger partial charge in [-0.15, -0.1) is 0 Å². The van der Waals surface area contributed by atoms with Gasteiger partial charge in [0.05, 0.1) is 0 Å². The Morgan fingerprint density at radius 2 is 0.722 bits per heavy atom. The van der Waals surface area contributed by atoms with Crippen molar-refractivity contribution in [3.63, 3.8) is 0 Å². The molecule has 0 saturated carbocycles. The Bertz CT molecular complexity index is 771. The van der Waals surface area contributed by atoms with Gasteiger partial charge in [-0.25, -0.2) is 4.39 Å². The molecular formula is C12H3F23O. The molecule has 0 aliphatic carbocycles. The first-order valence-electron chi connectivity index (χ1n) is 7.55. The maximum absolute atomic E-state index is 13.2. The lowest BCUT2D eigenvalue weighted by Gasteiger charge is -2.38. The van der Waals surface area contributed by atoms with Crippen molar-refractivity contribution < 1.29 is 106 Å². The van der Waals surface area contributed by atoms with Gasteiger partial charge in [-0.1, -0.05) is 0 Å². The van der Waals surface area contributed by atoms with Gasteiger partial charge in [-0.2, -0.15) is 96.6 Å². The Hall–Kier alpha value is -1.65. The van der Waals surface area contributed by atoms with Gasteiger partial charge in [0, 0.05) is 0 Å². The van der Waals surface area contributed by atoms with Crippen LogP contribution in [0.15, 0.2) is 0 Å². The molecule has 0 heterocycles. The van der Waals surface area contributed by atoms with Crippen LogP contribution in [-0.4, -0.2) is 72.7 Å². The molecule has 218 valence electrons. The predicted octanol–water partition coefficient (Wildman–Crippen LogP) is 7.51. The molecule has 0 aromatic carbocycles. The Balaban J connectivity index is 6.20. The number of rotatable bonds is 10. The van der Waals surface area contributed by atoms with E-state index in [1.54, 1.807) is 0 Å². The van der Waals surface area contributed by atoms with E-state index in [2.05, 4.69) is 0 Å². The molecule has 24 heteroatoms. The van der Waals surface area contributed by atoms with Crippen molar-refractivity contribution in [2.75, 3.05) is 6.61 Å². The highest BCUT2D eigenvalue weighted by molar-refractivity contribution is 5.07. The highest BCUT2D eigenvalue weighted by Crippen LogP contribution is 2.59. The molecule has 0 N–H and O–H groups in total. The second-order valence-electron chi connectivity index (χ2n) is 6.41. The number of ether oxygens (including phenoxy) is 1. The smallest absolute Gasteiger partial charge is 0.311 e. The van der Waals surface area contributed by atoms with E-state index in [0.29, 0.717) is 0 Å². The van der Waals surface area contributed by atoms with Crippen LogP contribution in [-0.2, 0) is 4.74 Å². The quantitative estimate of drug-likeness (QED) is 0.236. The Labute approximate surface area is 180 Å². The zero-order valence-corrected chi connectivity index (χ0v) is 15.4. The van der Waals surface area contributed by atoms with Crippen molar-refractivity contribution in [2.45, 2.75) is 66.1 Å². The van der Waals surface area contributed by atoms with Crippen molar-refractivity contribution in [3.8, 4) is 0 Å². The highest BCUT2D eigenvalue weighted by atomic mass is 19.4. The van der Waals surface area contributed by atoms with Gasteiger partial charge in [0.2, 0.25) is 0 Å². The summed E-state index contributed by atoms with van der Waals surface area (Å²) in [5, 5.41) is 0. The first kappa shape index (κ1) is 34.4. The minimum Gasteiger partial charge on any atom is -0.311 e. The lowest BCUT2D eigenvalue weighted by molar-refractivity contribution is -0.437. The average molecular weight is 600 g/mol. The van der Waals surface area contributed by atoms with Crippen LogP contribution in [0.2, 0.25) is 0 Å². The van der Waals surface area contributed by atoms with Crippen LogP contribution in [0.25, 0.3) is 0 Å². The van der Waals surface area contributed by atoms with Crippen molar-refractivity contribution in [3.05, 3.63) is 0 Å². The molecule has 0 fully saturated rings. The summed E-state index contributed by atoms with van der Waals surface area (Å²) in [6, 6.07) is 0. The summed E-state index contributed by atoms with van der Waals surface area (Å²) in [7, 11) is 0. The molecule has 1 unspecified atom stereocenters. The van der Waals surface area contributed by atoms with Gasteiger partial charge in [0.25, 0.3) is 6.17 Å². The monoisotopic (exact) mass is 600 g/mol.